The van der Waals surface area contributed by atoms with Crippen molar-refractivity contribution in [3.8, 4) is 5.69 Å². The summed E-state index contributed by atoms with van der Waals surface area (Å²) in [4.78, 5) is 20.0. The molecular formula is C25H27N5OS. The van der Waals surface area contributed by atoms with Crippen LogP contribution >= 0.6 is 11.9 Å². The van der Waals surface area contributed by atoms with Gasteiger partial charge in [0.05, 0.1) is 10.9 Å². The third-order valence-electron chi connectivity index (χ3n) is 5.99. The van der Waals surface area contributed by atoms with E-state index < -0.39 is 0 Å². The van der Waals surface area contributed by atoms with E-state index in [2.05, 4.69) is 66.8 Å². The fourth-order valence-electron chi connectivity index (χ4n) is 4.28. The number of fused-ring (bicyclic) bond motifs is 1. The summed E-state index contributed by atoms with van der Waals surface area (Å²) < 4.78 is 4.49. The van der Waals surface area contributed by atoms with Crippen LogP contribution in [0.2, 0.25) is 0 Å². The molecule has 0 radical (unpaired) electrons. The normalized spacial score (nSPS) is 16.9. The second-order valence-corrected chi connectivity index (χ2v) is 8.87. The molecule has 2 aliphatic rings. The second-order valence-electron chi connectivity index (χ2n) is 7.99. The van der Waals surface area contributed by atoms with Crippen molar-refractivity contribution in [2.45, 2.75) is 12.8 Å². The van der Waals surface area contributed by atoms with E-state index in [1.807, 2.05) is 18.2 Å². The minimum absolute atomic E-state index is 0.0266. The number of piperazine rings is 1. The van der Waals surface area contributed by atoms with Crippen LogP contribution < -0.4 is 15.6 Å². The molecule has 1 N–H and O–H groups in total. The van der Waals surface area contributed by atoms with Crippen molar-refractivity contribution < 1.29 is 0 Å². The van der Waals surface area contributed by atoms with E-state index >= 15 is 0 Å². The van der Waals surface area contributed by atoms with Crippen LogP contribution in [0.3, 0.4) is 0 Å². The number of aromatic nitrogens is 2. The van der Waals surface area contributed by atoms with Gasteiger partial charge in [-0.05, 0) is 37.3 Å². The third-order valence-corrected chi connectivity index (χ3v) is 6.87. The van der Waals surface area contributed by atoms with E-state index in [9.17, 15) is 4.79 Å². The van der Waals surface area contributed by atoms with E-state index in [1.165, 1.54) is 0 Å². The lowest BCUT2D eigenvalue weighted by Crippen LogP contribution is -2.43. The predicted octanol–water partition coefficient (Wildman–Crippen LogP) is 4.43. The highest BCUT2D eigenvalue weighted by Crippen LogP contribution is 2.27. The van der Waals surface area contributed by atoms with Gasteiger partial charge >= 0.3 is 0 Å². The second kappa shape index (κ2) is 9.22. The molecule has 1 saturated heterocycles. The minimum atomic E-state index is -0.0266. The molecule has 1 aliphatic heterocycles. The average molecular weight is 446 g/mol. The van der Waals surface area contributed by atoms with Crippen LogP contribution in [0.4, 0.5) is 11.6 Å². The van der Waals surface area contributed by atoms with Crippen LogP contribution in [0.1, 0.15) is 12.8 Å². The molecule has 0 bridgehead atoms. The largest absolute Gasteiger partial charge is 0.354 e. The SMILES string of the molecule is CSN1CCN(c2cc3c(cn2)c(=O)cc(NC2=CCCC=C2)n3-c2ccccc2)CC1. The molecular weight excluding hydrogens is 418 g/mol. The lowest BCUT2D eigenvalue weighted by molar-refractivity contribution is 0.429. The summed E-state index contributed by atoms with van der Waals surface area (Å²) in [6, 6.07) is 13.9. The van der Waals surface area contributed by atoms with E-state index in [-0.39, 0.29) is 5.43 Å². The van der Waals surface area contributed by atoms with Crippen LogP contribution in [0.15, 0.2) is 77.4 Å². The number of rotatable bonds is 5. The van der Waals surface area contributed by atoms with Gasteiger partial charge in [0.25, 0.3) is 0 Å². The minimum Gasteiger partial charge on any atom is -0.354 e. The molecule has 6 nitrogen and oxygen atoms in total. The fourth-order valence-corrected chi connectivity index (χ4v) is 4.81. The van der Waals surface area contributed by atoms with Crippen molar-refractivity contribution in [1.29, 1.82) is 0 Å². The molecule has 1 aromatic carbocycles. The Labute approximate surface area is 192 Å². The highest BCUT2D eigenvalue weighted by atomic mass is 32.2. The van der Waals surface area contributed by atoms with Gasteiger partial charge < -0.3 is 10.2 Å². The highest BCUT2D eigenvalue weighted by molar-refractivity contribution is 7.96. The third kappa shape index (κ3) is 4.18. The Balaban J connectivity index is 1.64. The molecule has 0 unspecified atom stereocenters. The van der Waals surface area contributed by atoms with Gasteiger partial charge in [0.2, 0.25) is 0 Å². The maximum atomic E-state index is 13.0. The predicted molar refractivity (Wildman–Crippen MR) is 135 cm³/mol. The van der Waals surface area contributed by atoms with Gasteiger partial charge in [0, 0.05) is 55.9 Å². The first-order chi connectivity index (χ1) is 15.7. The van der Waals surface area contributed by atoms with Crippen LogP contribution in [0.25, 0.3) is 16.6 Å². The summed E-state index contributed by atoms with van der Waals surface area (Å²) in [5.74, 6) is 1.67. The molecule has 164 valence electrons. The first kappa shape index (κ1) is 20.8. The lowest BCUT2D eigenvalue weighted by atomic mass is 10.1. The maximum Gasteiger partial charge on any atom is 0.193 e. The Morgan fingerprint density at radius 1 is 1.03 bits per heavy atom. The van der Waals surface area contributed by atoms with Crippen molar-refractivity contribution in [3.05, 3.63) is 82.8 Å². The van der Waals surface area contributed by atoms with Crippen LogP contribution in [0, 0.1) is 0 Å². The van der Waals surface area contributed by atoms with Crippen LogP contribution in [-0.4, -0.2) is 46.3 Å². The molecule has 3 heterocycles. The number of hydrogen-bond acceptors (Lipinski definition) is 6. The molecule has 0 saturated carbocycles. The molecule has 0 amide bonds. The zero-order chi connectivity index (χ0) is 21.9. The molecule has 3 aromatic rings. The topological polar surface area (TPSA) is 53.4 Å². The summed E-state index contributed by atoms with van der Waals surface area (Å²) in [5.41, 5.74) is 2.86. The molecule has 1 aliphatic carbocycles. The monoisotopic (exact) mass is 445 g/mol. The van der Waals surface area contributed by atoms with Crippen molar-refractivity contribution >= 4 is 34.5 Å². The quantitative estimate of drug-likeness (QED) is 0.587. The maximum absolute atomic E-state index is 13.0. The van der Waals surface area contributed by atoms with E-state index in [4.69, 9.17) is 0 Å². The summed E-state index contributed by atoms with van der Waals surface area (Å²) in [7, 11) is 0. The summed E-state index contributed by atoms with van der Waals surface area (Å²) >= 11 is 1.79. The molecule has 2 aromatic heterocycles. The molecule has 0 atom stereocenters. The molecule has 5 rings (SSSR count). The van der Waals surface area contributed by atoms with Gasteiger partial charge in [-0.1, -0.05) is 42.3 Å². The van der Waals surface area contributed by atoms with E-state index in [0.717, 1.165) is 67.6 Å². The van der Waals surface area contributed by atoms with Gasteiger partial charge in [0.1, 0.15) is 11.6 Å². The number of hydrogen-bond donors (Lipinski definition) is 1. The van der Waals surface area contributed by atoms with Crippen molar-refractivity contribution in [1.82, 2.24) is 13.9 Å². The highest BCUT2D eigenvalue weighted by Gasteiger charge is 2.19. The Morgan fingerprint density at radius 2 is 1.84 bits per heavy atom. The smallest absolute Gasteiger partial charge is 0.193 e. The fraction of sp³-hybridized carbons (Fsp3) is 0.280. The summed E-state index contributed by atoms with van der Waals surface area (Å²) in [6.45, 7) is 3.83. The Bertz CT molecular complexity index is 1230. The summed E-state index contributed by atoms with van der Waals surface area (Å²) in [6.07, 6.45) is 12.3. The average Bonchev–Trinajstić information content (AvgIpc) is 2.85. The Morgan fingerprint density at radius 3 is 2.56 bits per heavy atom. The van der Waals surface area contributed by atoms with Crippen LogP contribution in [-0.2, 0) is 0 Å². The number of pyridine rings is 2. The number of anilines is 2. The molecule has 1 fully saturated rings. The van der Waals surface area contributed by atoms with Crippen LogP contribution in [0.5, 0.6) is 0 Å². The van der Waals surface area contributed by atoms with E-state index in [1.54, 1.807) is 24.2 Å². The number of nitrogens with one attached hydrogen (secondary N) is 1. The number of nitrogens with zero attached hydrogens (tertiary/aromatic N) is 4. The lowest BCUT2D eigenvalue weighted by Gasteiger charge is -2.34. The van der Waals surface area contributed by atoms with Gasteiger partial charge in [-0.15, -0.1) is 0 Å². The zero-order valence-electron chi connectivity index (χ0n) is 18.2. The van der Waals surface area contributed by atoms with Gasteiger partial charge in [-0.25, -0.2) is 9.29 Å². The van der Waals surface area contributed by atoms with Gasteiger partial charge in [0.15, 0.2) is 5.43 Å². The molecule has 0 spiro atoms. The molecule has 7 heteroatoms. The van der Waals surface area contributed by atoms with Crippen molar-refractivity contribution in [2.24, 2.45) is 0 Å². The van der Waals surface area contributed by atoms with Crippen molar-refractivity contribution in [2.75, 3.05) is 42.7 Å². The number of benzene rings is 1. The molecule has 32 heavy (non-hydrogen) atoms. The van der Waals surface area contributed by atoms with E-state index in [0.29, 0.717) is 5.39 Å². The number of allylic oxidation sites excluding steroid dienone is 3. The van der Waals surface area contributed by atoms with Gasteiger partial charge in [-0.3, -0.25) is 9.36 Å². The first-order valence-electron chi connectivity index (χ1n) is 11.0. The number of para-hydroxylation sites is 1. The Hall–Kier alpha value is -3.03. The first-order valence-corrected chi connectivity index (χ1v) is 12.2. The van der Waals surface area contributed by atoms with Crippen molar-refractivity contribution in [3.63, 3.8) is 0 Å². The standard InChI is InChI=1S/C25H27N5OS/c1-32-29-14-12-28(13-15-29)24-16-22-21(18-26-24)23(31)17-25(27-19-8-4-2-5-9-19)30(22)20-10-6-3-7-11-20/h3-4,6-11,16-18,27H,2,5,12-15H2,1H3. The zero-order valence-corrected chi connectivity index (χ0v) is 19.0. The summed E-state index contributed by atoms with van der Waals surface area (Å²) in [5, 5.41) is 4.11. The Kier molecular flexibility index (Phi) is 6.01. The van der Waals surface area contributed by atoms with Gasteiger partial charge in [-0.2, -0.15) is 0 Å².